The maximum atomic E-state index is 4.43. The molecule has 0 radical (unpaired) electrons. The fourth-order valence-electron chi connectivity index (χ4n) is 2.21. The number of aromatic nitrogens is 2. The molecule has 2 aromatic rings. The molecule has 1 aliphatic heterocycles. The standard InChI is InChI=1S/C11H13N3/c1-2-10-11(13-4-1)9(7-14-10)8-3-5-12-6-8/h1-2,4,7-8,12,14H,3,5-6H2. The highest BCUT2D eigenvalue weighted by atomic mass is 14.9. The molecule has 1 unspecified atom stereocenters. The van der Waals surface area contributed by atoms with Crippen molar-refractivity contribution in [1.82, 2.24) is 15.3 Å². The van der Waals surface area contributed by atoms with Gasteiger partial charge in [0.05, 0.1) is 11.0 Å². The number of pyridine rings is 1. The third-order valence-electron chi connectivity index (χ3n) is 2.96. The van der Waals surface area contributed by atoms with Gasteiger partial charge < -0.3 is 10.3 Å². The molecular weight excluding hydrogens is 174 g/mol. The van der Waals surface area contributed by atoms with Crippen LogP contribution >= 0.6 is 0 Å². The highest BCUT2D eigenvalue weighted by Crippen LogP contribution is 2.27. The van der Waals surface area contributed by atoms with Crippen molar-refractivity contribution in [2.24, 2.45) is 0 Å². The van der Waals surface area contributed by atoms with E-state index in [0.717, 1.165) is 24.1 Å². The number of aromatic amines is 1. The van der Waals surface area contributed by atoms with Gasteiger partial charge in [0.2, 0.25) is 0 Å². The quantitative estimate of drug-likeness (QED) is 0.712. The molecule has 0 amide bonds. The van der Waals surface area contributed by atoms with Crippen LogP contribution < -0.4 is 5.32 Å². The minimum Gasteiger partial charge on any atom is -0.360 e. The molecule has 1 aliphatic rings. The van der Waals surface area contributed by atoms with E-state index in [1.54, 1.807) is 0 Å². The summed E-state index contributed by atoms with van der Waals surface area (Å²) >= 11 is 0. The molecule has 3 nitrogen and oxygen atoms in total. The number of hydrogen-bond donors (Lipinski definition) is 2. The second-order valence-electron chi connectivity index (χ2n) is 3.83. The average Bonchev–Trinajstić information content (AvgIpc) is 2.85. The van der Waals surface area contributed by atoms with E-state index >= 15 is 0 Å². The summed E-state index contributed by atoms with van der Waals surface area (Å²) in [5, 5.41) is 3.38. The average molecular weight is 187 g/mol. The van der Waals surface area contributed by atoms with Gasteiger partial charge in [-0.05, 0) is 25.1 Å². The van der Waals surface area contributed by atoms with Crippen molar-refractivity contribution in [3.63, 3.8) is 0 Å². The van der Waals surface area contributed by atoms with Crippen LogP contribution in [0.1, 0.15) is 17.9 Å². The Bertz CT molecular complexity index is 440. The van der Waals surface area contributed by atoms with Gasteiger partial charge in [0.1, 0.15) is 0 Å². The zero-order valence-corrected chi connectivity index (χ0v) is 7.96. The lowest BCUT2D eigenvalue weighted by Crippen LogP contribution is -2.07. The van der Waals surface area contributed by atoms with E-state index in [2.05, 4.69) is 27.5 Å². The topological polar surface area (TPSA) is 40.7 Å². The molecule has 14 heavy (non-hydrogen) atoms. The summed E-state index contributed by atoms with van der Waals surface area (Å²) in [4.78, 5) is 7.70. The zero-order chi connectivity index (χ0) is 9.38. The Hall–Kier alpha value is -1.35. The molecule has 1 atom stereocenters. The summed E-state index contributed by atoms with van der Waals surface area (Å²) in [7, 11) is 0. The Labute approximate surface area is 82.5 Å². The predicted molar refractivity (Wildman–Crippen MR) is 56.3 cm³/mol. The van der Waals surface area contributed by atoms with Gasteiger partial charge in [-0.25, -0.2) is 0 Å². The number of nitrogens with one attached hydrogen (secondary N) is 2. The zero-order valence-electron chi connectivity index (χ0n) is 7.96. The summed E-state index contributed by atoms with van der Waals surface area (Å²) in [5.74, 6) is 0.638. The molecule has 0 aliphatic carbocycles. The van der Waals surface area contributed by atoms with Crippen LogP contribution in [-0.4, -0.2) is 23.1 Å². The van der Waals surface area contributed by atoms with E-state index in [1.165, 1.54) is 12.0 Å². The first-order valence-electron chi connectivity index (χ1n) is 5.08. The molecule has 2 N–H and O–H groups in total. The molecular formula is C11H13N3. The number of fused-ring (bicyclic) bond motifs is 1. The minimum absolute atomic E-state index is 0.638. The van der Waals surface area contributed by atoms with Crippen LogP contribution in [0.25, 0.3) is 11.0 Å². The van der Waals surface area contributed by atoms with E-state index < -0.39 is 0 Å². The molecule has 3 heteroatoms. The van der Waals surface area contributed by atoms with E-state index in [0.29, 0.717) is 5.92 Å². The van der Waals surface area contributed by atoms with Gasteiger partial charge in [0, 0.05) is 30.4 Å². The minimum atomic E-state index is 0.638. The smallest absolute Gasteiger partial charge is 0.0914 e. The lowest BCUT2D eigenvalue weighted by Gasteiger charge is -2.04. The second kappa shape index (κ2) is 3.10. The lowest BCUT2D eigenvalue weighted by atomic mass is 10.0. The Morgan fingerprint density at radius 2 is 2.43 bits per heavy atom. The van der Waals surface area contributed by atoms with Crippen LogP contribution in [0.3, 0.4) is 0 Å². The fourth-order valence-corrected chi connectivity index (χ4v) is 2.21. The third kappa shape index (κ3) is 1.13. The van der Waals surface area contributed by atoms with Crippen molar-refractivity contribution in [2.45, 2.75) is 12.3 Å². The highest BCUT2D eigenvalue weighted by molar-refractivity contribution is 5.79. The van der Waals surface area contributed by atoms with Gasteiger partial charge in [-0.3, -0.25) is 4.98 Å². The molecule has 0 aromatic carbocycles. The number of H-pyrrole nitrogens is 1. The summed E-state index contributed by atoms with van der Waals surface area (Å²) in [6, 6.07) is 4.05. The summed E-state index contributed by atoms with van der Waals surface area (Å²) in [6.45, 7) is 2.22. The van der Waals surface area contributed by atoms with Gasteiger partial charge >= 0.3 is 0 Å². The van der Waals surface area contributed by atoms with Crippen LogP contribution in [0.5, 0.6) is 0 Å². The van der Waals surface area contributed by atoms with Crippen LogP contribution in [0.2, 0.25) is 0 Å². The fraction of sp³-hybridized carbons (Fsp3) is 0.364. The lowest BCUT2D eigenvalue weighted by molar-refractivity contribution is 0.768. The van der Waals surface area contributed by atoms with Gasteiger partial charge in [0.15, 0.2) is 0 Å². The summed E-state index contributed by atoms with van der Waals surface area (Å²) in [5.41, 5.74) is 3.65. The van der Waals surface area contributed by atoms with E-state index in [9.17, 15) is 0 Å². The monoisotopic (exact) mass is 187 g/mol. The molecule has 2 aromatic heterocycles. The largest absolute Gasteiger partial charge is 0.360 e. The number of hydrogen-bond acceptors (Lipinski definition) is 2. The Morgan fingerprint density at radius 1 is 1.43 bits per heavy atom. The molecule has 0 spiro atoms. The van der Waals surface area contributed by atoms with E-state index in [1.807, 2.05) is 12.3 Å². The van der Waals surface area contributed by atoms with Crippen LogP contribution in [-0.2, 0) is 0 Å². The van der Waals surface area contributed by atoms with Crippen molar-refractivity contribution in [2.75, 3.05) is 13.1 Å². The Kier molecular flexibility index (Phi) is 1.77. The SMILES string of the molecule is c1cnc2c(C3CCNC3)c[nH]c2c1. The van der Waals surface area contributed by atoms with Crippen molar-refractivity contribution >= 4 is 11.0 Å². The highest BCUT2D eigenvalue weighted by Gasteiger charge is 2.19. The van der Waals surface area contributed by atoms with Crippen molar-refractivity contribution in [3.05, 3.63) is 30.1 Å². The molecule has 3 rings (SSSR count). The van der Waals surface area contributed by atoms with E-state index in [4.69, 9.17) is 0 Å². The first-order chi connectivity index (χ1) is 6.95. The van der Waals surface area contributed by atoms with Crippen LogP contribution in [0.4, 0.5) is 0 Å². The van der Waals surface area contributed by atoms with Crippen molar-refractivity contribution in [1.29, 1.82) is 0 Å². The van der Waals surface area contributed by atoms with Gasteiger partial charge in [0.25, 0.3) is 0 Å². The normalized spacial score (nSPS) is 21.9. The molecule has 0 saturated carbocycles. The van der Waals surface area contributed by atoms with Gasteiger partial charge in [-0.2, -0.15) is 0 Å². The Morgan fingerprint density at radius 3 is 3.29 bits per heavy atom. The number of rotatable bonds is 1. The first kappa shape index (κ1) is 8.00. The second-order valence-corrected chi connectivity index (χ2v) is 3.83. The van der Waals surface area contributed by atoms with Crippen LogP contribution in [0.15, 0.2) is 24.5 Å². The Balaban J connectivity index is 2.11. The van der Waals surface area contributed by atoms with Gasteiger partial charge in [-0.1, -0.05) is 0 Å². The van der Waals surface area contributed by atoms with Crippen LogP contribution in [0, 0.1) is 0 Å². The summed E-state index contributed by atoms with van der Waals surface area (Å²) < 4.78 is 0. The molecule has 1 saturated heterocycles. The van der Waals surface area contributed by atoms with Crippen molar-refractivity contribution in [3.8, 4) is 0 Å². The number of nitrogens with zero attached hydrogens (tertiary/aromatic N) is 1. The third-order valence-corrected chi connectivity index (χ3v) is 2.96. The maximum absolute atomic E-state index is 4.43. The molecule has 72 valence electrons. The molecule has 0 bridgehead atoms. The van der Waals surface area contributed by atoms with Gasteiger partial charge in [-0.15, -0.1) is 0 Å². The molecule has 1 fully saturated rings. The maximum Gasteiger partial charge on any atom is 0.0914 e. The van der Waals surface area contributed by atoms with Crippen molar-refractivity contribution < 1.29 is 0 Å². The molecule has 3 heterocycles. The first-order valence-corrected chi connectivity index (χ1v) is 5.08. The predicted octanol–water partition coefficient (Wildman–Crippen LogP) is 1.64. The summed E-state index contributed by atoms with van der Waals surface area (Å²) in [6.07, 6.45) is 5.20. The van der Waals surface area contributed by atoms with E-state index in [-0.39, 0.29) is 0 Å².